The zero-order chi connectivity index (χ0) is 23.0. The number of β-amino-alcohol motifs (C(OH)–C–C–N with tert-alkyl or cyclic N) is 1. The number of nitro benzene ring substituents is 1. The number of benzene rings is 1. The number of aliphatic hydroxyl groups excluding tert-OH is 1. The lowest BCUT2D eigenvalue weighted by atomic mass is 9.89. The van der Waals surface area contributed by atoms with Crippen LogP contribution in [0.5, 0.6) is 0 Å². The summed E-state index contributed by atoms with van der Waals surface area (Å²) >= 11 is 0.908. The Bertz CT molecular complexity index is 1070. The minimum Gasteiger partial charge on any atom is -0.376 e. The molecule has 4 rings (SSSR count). The lowest BCUT2D eigenvalue weighted by Gasteiger charge is -2.41. The smallest absolute Gasteiger partial charge is 0.376 e. The topological polar surface area (TPSA) is 86.9 Å². The van der Waals surface area contributed by atoms with E-state index in [2.05, 4.69) is 0 Å². The summed E-state index contributed by atoms with van der Waals surface area (Å²) in [5, 5.41) is 22.2. The van der Waals surface area contributed by atoms with Crippen molar-refractivity contribution in [3.8, 4) is 0 Å². The van der Waals surface area contributed by atoms with Crippen molar-refractivity contribution in [1.82, 2.24) is 4.90 Å². The Kier molecular flexibility index (Phi) is 6.42. The third-order valence-electron chi connectivity index (χ3n) is 6.31. The molecule has 174 valence electrons. The summed E-state index contributed by atoms with van der Waals surface area (Å²) < 4.78 is 39.3. The van der Waals surface area contributed by atoms with Gasteiger partial charge >= 0.3 is 6.18 Å². The molecule has 0 amide bonds. The van der Waals surface area contributed by atoms with Crippen molar-refractivity contribution in [2.75, 3.05) is 31.1 Å². The van der Waals surface area contributed by atoms with Gasteiger partial charge < -0.3 is 10.0 Å². The minimum atomic E-state index is -4.80. The standard InChI is InChI=1S/C21H24F3N3O4S/c22-21(23,24)14-8-15-17(28)10-19(32-20(15)16(9-14)27(30)31)26-7-6-25(18(29)12-26)11-13-4-2-1-3-5-13/h8-10,13,18,29H,1-7,11-12H2. The van der Waals surface area contributed by atoms with Gasteiger partial charge in [0.1, 0.15) is 10.9 Å². The van der Waals surface area contributed by atoms with Crippen LogP contribution in [0.1, 0.15) is 37.7 Å². The molecule has 1 aromatic carbocycles. The largest absolute Gasteiger partial charge is 0.416 e. The number of hydrogen-bond acceptors (Lipinski definition) is 7. The first kappa shape index (κ1) is 22.9. The molecule has 2 fully saturated rings. The van der Waals surface area contributed by atoms with Gasteiger partial charge in [0.25, 0.3) is 5.69 Å². The van der Waals surface area contributed by atoms with Gasteiger partial charge in [0, 0.05) is 37.2 Å². The predicted molar refractivity (Wildman–Crippen MR) is 116 cm³/mol. The molecular weight excluding hydrogens is 447 g/mol. The summed E-state index contributed by atoms with van der Waals surface area (Å²) in [6.07, 6.45) is 0.441. The first-order valence-electron chi connectivity index (χ1n) is 10.6. The van der Waals surface area contributed by atoms with E-state index in [1.165, 1.54) is 25.3 Å². The average Bonchev–Trinajstić information content (AvgIpc) is 2.74. The highest BCUT2D eigenvalue weighted by molar-refractivity contribution is 7.22. The van der Waals surface area contributed by atoms with Gasteiger partial charge in [0.05, 0.1) is 22.0 Å². The van der Waals surface area contributed by atoms with Crippen molar-refractivity contribution in [2.24, 2.45) is 5.92 Å². The molecule has 7 nitrogen and oxygen atoms in total. The number of piperazine rings is 1. The van der Waals surface area contributed by atoms with Crippen LogP contribution in [0.4, 0.5) is 23.9 Å². The zero-order valence-corrected chi connectivity index (χ0v) is 18.1. The van der Waals surface area contributed by atoms with E-state index in [4.69, 9.17) is 0 Å². The third kappa shape index (κ3) is 4.74. The molecule has 1 saturated carbocycles. The van der Waals surface area contributed by atoms with Crippen LogP contribution in [0.15, 0.2) is 23.0 Å². The minimum absolute atomic E-state index is 0.0929. The molecule has 1 aliphatic heterocycles. The number of nitro groups is 1. The van der Waals surface area contributed by atoms with Crippen LogP contribution in [0.25, 0.3) is 10.1 Å². The lowest BCUT2D eigenvalue weighted by molar-refractivity contribution is -0.383. The molecular formula is C21H24F3N3O4S. The second-order valence-corrected chi connectivity index (χ2v) is 9.53. The Morgan fingerprint density at radius 2 is 1.88 bits per heavy atom. The van der Waals surface area contributed by atoms with Crippen LogP contribution in [-0.4, -0.2) is 47.3 Å². The van der Waals surface area contributed by atoms with E-state index in [9.17, 15) is 33.2 Å². The number of halogens is 3. The first-order chi connectivity index (χ1) is 15.1. The molecule has 1 saturated heterocycles. The van der Waals surface area contributed by atoms with E-state index in [1.807, 2.05) is 4.90 Å². The monoisotopic (exact) mass is 471 g/mol. The van der Waals surface area contributed by atoms with Crippen molar-refractivity contribution >= 4 is 32.1 Å². The van der Waals surface area contributed by atoms with Gasteiger partial charge in [-0.05, 0) is 24.8 Å². The number of hydrogen-bond donors (Lipinski definition) is 1. The summed E-state index contributed by atoms with van der Waals surface area (Å²) in [5.74, 6) is 0.562. The van der Waals surface area contributed by atoms with Gasteiger partial charge in [0.15, 0.2) is 5.43 Å². The molecule has 2 heterocycles. The second-order valence-electron chi connectivity index (χ2n) is 8.50. The summed E-state index contributed by atoms with van der Waals surface area (Å²) in [5.41, 5.74) is -2.67. The van der Waals surface area contributed by atoms with Gasteiger partial charge in [0.2, 0.25) is 0 Å². The highest BCUT2D eigenvalue weighted by Gasteiger charge is 2.34. The first-order valence-corrected chi connectivity index (χ1v) is 11.5. The number of aliphatic hydroxyl groups is 1. The van der Waals surface area contributed by atoms with E-state index in [1.54, 1.807) is 4.90 Å². The molecule has 1 aliphatic carbocycles. The van der Waals surface area contributed by atoms with Crippen molar-refractivity contribution in [3.05, 3.63) is 44.1 Å². The van der Waals surface area contributed by atoms with Gasteiger partial charge in [-0.15, -0.1) is 11.3 Å². The molecule has 11 heteroatoms. The Morgan fingerprint density at radius 3 is 2.50 bits per heavy atom. The number of rotatable bonds is 4. The molecule has 1 atom stereocenters. The van der Waals surface area contributed by atoms with Crippen LogP contribution >= 0.6 is 11.3 Å². The average molecular weight is 472 g/mol. The quantitative estimate of drug-likeness (QED) is 0.531. The van der Waals surface area contributed by atoms with Gasteiger partial charge in [-0.1, -0.05) is 19.3 Å². The van der Waals surface area contributed by atoms with Crippen molar-refractivity contribution in [1.29, 1.82) is 0 Å². The number of fused-ring (bicyclic) bond motifs is 1. The van der Waals surface area contributed by atoms with Crippen LogP contribution in [0.3, 0.4) is 0 Å². The number of alkyl halides is 3. The maximum atomic E-state index is 13.1. The Morgan fingerprint density at radius 1 is 1.16 bits per heavy atom. The van der Waals surface area contributed by atoms with Gasteiger partial charge in [-0.25, -0.2) is 0 Å². The molecule has 0 radical (unpaired) electrons. The Balaban J connectivity index is 1.60. The Hall–Kier alpha value is -2.24. The molecule has 1 aromatic heterocycles. The van der Waals surface area contributed by atoms with Crippen molar-refractivity contribution in [2.45, 2.75) is 44.5 Å². The van der Waals surface area contributed by atoms with Crippen LogP contribution in [-0.2, 0) is 6.18 Å². The maximum Gasteiger partial charge on any atom is 0.416 e. The molecule has 32 heavy (non-hydrogen) atoms. The summed E-state index contributed by atoms with van der Waals surface area (Å²) in [6, 6.07) is 2.35. The van der Waals surface area contributed by atoms with E-state index in [0.717, 1.165) is 30.7 Å². The molecule has 0 bridgehead atoms. The number of nitrogens with zero attached hydrogens (tertiary/aromatic N) is 3. The molecule has 1 N–H and O–H groups in total. The Labute approximate surface area is 186 Å². The van der Waals surface area contributed by atoms with Crippen molar-refractivity contribution < 1.29 is 23.2 Å². The normalized spacial score (nSPS) is 21.2. The van der Waals surface area contributed by atoms with E-state index >= 15 is 0 Å². The second kappa shape index (κ2) is 8.95. The van der Waals surface area contributed by atoms with Gasteiger partial charge in [-0.3, -0.25) is 19.8 Å². The molecule has 2 aliphatic rings. The number of non-ortho nitro benzene ring substituents is 1. The predicted octanol–water partition coefficient (Wildman–Crippen LogP) is 4.21. The molecule has 0 spiro atoms. The molecule has 2 aromatic rings. The fraction of sp³-hybridized carbons (Fsp3) is 0.571. The van der Waals surface area contributed by atoms with Gasteiger partial charge in [-0.2, -0.15) is 13.2 Å². The van der Waals surface area contributed by atoms with Crippen molar-refractivity contribution in [3.63, 3.8) is 0 Å². The fourth-order valence-electron chi connectivity index (χ4n) is 4.60. The van der Waals surface area contributed by atoms with Crippen LogP contribution in [0.2, 0.25) is 0 Å². The maximum absolute atomic E-state index is 13.1. The summed E-state index contributed by atoms with van der Waals surface area (Å²) in [4.78, 5) is 27.0. The summed E-state index contributed by atoms with van der Waals surface area (Å²) in [6.45, 7) is 2.13. The highest BCUT2D eigenvalue weighted by atomic mass is 32.1. The zero-order valence-electron chi connectivity index (χ0n) is 17.3. The van der Waals surface area contributed by atoms with E-state index in [0.29, 0.717) is 36.1 Å². The summed E-state index contributed by atoms with van der Waals surface area (Å²) in [7, 11) is 0. The SMILES string of the molecule is O=c1cc(N2CCN(CC3CCCCC3)C(O)C2)sc2c([N+](=O)[O-])cc(C(F)(F)F)cc12. The highest BCUT2D eigenvalue weighted by Crippen LogP contribution is 2.39. The van der Waals surface area contributed by atoms with Crippen LogP contribution in [0, 0.1) is 16.0 Å². The molecule has 1 unspecified atom stereocenters. The number of anilines is 1. The third-order valence-corrected chi connectivity index (χ3v) is 7.53. The lowest BCUT2D eigenvalue weighted by Crippen LogP contribution is -2.54. The fourth-order valence-corrected chi connectivity index (χ4v) is 5.78. The van der Waals surface area contributed by atoms with E-state index in [-0.39, 0.29) is 16.6 Å². The van der Waals surface area contributed by atoms with Crippen LogP contribution < -0.4 is 10.3 Å². The van der Waals surface area contributed by atoms with E-state index < -0.39 is 34.0 Å².